The maximum Gasteiger partial charge on any atom is 0.122 e. The molecule has 9 heavy (non-hydrogen) atoms. The summed E-state index contributed by atoms with van der Waals surface area (Å²) < 4.78 is -0.446. The summed E-state index contributed by atoms with van der Waals surface area (Å²) in [5.74, 6) is 0. The maximum absolute atomic E-state index is 5.87. The van der Waals surface area contributed by atoms with Crippen LogP contribution in [0.15, 0.2) is 23.3 Å². The Hall–Kier alpha value is 0.540. The van der Waals surface area contributed by atoms with Crippen LogP contribution in [0.4, 0.5) is 0 Å². The quantitative estimate of drug-likeness (QED) is 0.557. The molecule has 0 saturated carbocycles. The highest BCUT2D eigenvalue weighted by atomic mass is 79.9. The lowest BCUT2D eigenvalue weighted by atomic mass is 10.2. The Kier molecular flexibility index (Phi) is 2.25. The Labute approximate surface area is 72.7 Å². The van der Waals surface area contributed by atoms with Crippen molar-refractivity contribution in [1.29, 1.82) is 0 Å². The first-order valence-corrected chi connectivity index (χ1v) is 4.07. The van der Waals surface area contributed by atoms with E-state index >= 15 is 0 Å². The van der Waals surface area contributed by atoms with Crippen LogP contribution < -0.4 is 0 Å². The number of halogens is 3. The molecule has 0 aliphatic heterocycles. The zero-order valence-corrected chi connectivity index (χ0v) is 7.67. The molecule has 1 rings (SSSR count). The largest absolute Gasteiger partial charge is 0.122 e. The molecular formula is C6H5BrCl2. The highest BCUT2D eigenvalue weighted by Gasteiger charge is 2.22. The van der Waals surface area contributed by atoms with Crippen LogP contribution in [-0.2, 0) is 0 Å². The van der Waals surface area contributed by atoms with Crippen molar-refractivity contribution in [1.82, 2.24) is 0 Å². The third-order valence-corrected chi connectivity index (χ3v) is 2.09. The van der Waals surface area contributed by atoms with Gasteiger partial charge in [0.1, 0.15) is 3.78 Å². The number of allylic oxidation sites excluding steroid dienone is 4. The van der Waals surface area contributed by atoms with E-state index in [2.05, 4.69) is 15.9 Å². The van der Waals surface area contributed by atoms with Gasteiger partial charge in [-0.2, -0.15) is 0 Å². The van der Waals surface area contributed by atoms with Gasteiger partial charge in [-0.05, 0) is 6.08 Å². The van der Waals surface area contributed by atoms with Crippen LogP contribution in [0, 0.1) is 0 Å². The lowest BCUT2D eigenvalue weighted by Gasteiger charge is -2.16. The van der Waals surface area contributed by atoms with E-state index in [4.69, 9.17) is 23.2 Å². The van der Waals surface area contributed by atoms with Crippen LogP contribution in [0.2, 0.25) is 0 Å². The van der Waals surface area contributed by atoms with E-state index < -0.39 is 3.78 Å². The number of rotatable bonds is 0. The molecule has 0 nitrogen and oxygen atoms in total. The molecule has 0 bridgehead atoms. The summed E-state index contributed by atoms with van der Waals surface area (Å²) in [6, 6.07) is 0. The fraction of sp³-hybridized carbons (Fsp3) is 0.333. The number of hydrogen-bond acceptors (Lipinski definition) is 0. The van der Waals surface area contributed by atoms with Crippen LogP contribution in [0.25, 0.3) is 0 Å². The molecule has 0 aromatic heterocycles. The monoisotopic (exact) mass is 226 g/mol. The van der Waals surface area contributed by atoms with Crippen LogP contribution in [0.3, 0.4) is 0 Å². The van der Waals surface area contributed by atoms with E-state index in [0.717, 1.165) is 5.03 Å². The summed E-state index contributed by atoms with van der Waals surface area (Å²) in [6.07, 6.45) is 6.20. The van der Waals surface area contributed by atoms with E-state index in [1.165, 1.54) is 0 Å². The number of hydrogen-bond donors (Lipinski definition) is 0. The molecule has 1 unspecified atom stereocenters. The fourth-order valence-electron chi connectivity index (χ4n) is 0.636. The van der Waals surface area contributed by atoms with Gasteiger partial charge in [-0.15, -0.1) is 11.6 Å². The molecule has 1 aliphatic carbocycles. The van der Waals surface area contributed by atoms with Crippen LogP contribution in [0.1, 0.15) is 6.42 Å². The van der Waals surface area contributed by atoms with E-state index in [1.807, 2.05) is 18.2 Å². The van der Waals surface area contributed by atoms with Gasteiger partial charge in [0.2, 0.25) is 0 Å². The van der Waals surface area contributed by atoms with Crippen molar-refractivity contribution >= 4 is 39.1 Å². The molecule has 0 aromatic carbocycles. The van der Waals surface area contributed by atoms with Gasteiger partial charge in [-0.25, -0.2) is 0 Å². The highest BCUT2D eigenvalue weighted by molar-refractivity contribution is 9.10. The van der Waals surface area contributed by atoms with Gasteiger partial charge in [0.15, 0.2) is 0 Å². The molecule has 0 radical (unpaired) electrons. The van der Waals surface area contributed by atoms with E-state index in [0.29, 0.717) is 6.42 Å². The molecule has 1 atom stereocenters. The molecule has 0 saturated heterocycles. The first-order chi connectivity index (χ1) is 4.10. The van der Waals surface area contributed by atoms with E-state index in [1.54, 1.807) is 0 Å². The molecule has 0 heterocycles. The Morgan fingerprint density at radius 2 is 2.33 bits per heavy atom. The van der Waals surface area contributed by atoms with Gasteiger partial charge in [0.05, 0.1) is 0 Å². The van der Waals surface area contributed by atoms with Crippen molar-refractivity contribution in [2.24, 2.45) is 0 Å². The van der Waals surface area contributed by atoms with Gasteiger partial charge < -0.3 is 0 Å². The minimum absolute atomic E-state index is 0.446. The predicted octanol–water partition coefficient (Wildman–Crippen LogP) is 3.40. The van der Waals surface area contributed by atoms with Gasteiger partial charge >= 0.3 is 0 Å². The smallest absolute Gasteiger partial charge is 0.102 e. The molecule has 0 amide bonds. The third kappa shape index (κ3) is 2.32. The summed E-state index contributed by atoms with van der Waals surface area (Å²) >= 11 is 14.9. The van der Waals surface area contributed by atoms with Crippen molar-refractivity contribution in [3.8, 4) is 0 Å². The van der Waals surface area contributed by atoms with Crippen LogP contribution >= 0.6 is 39.1 Å². The van der Waals surface area contributed by atoms with Crippen molar-refractivity contribution in [2.45, 2.75) is 10.2 Å². The minimum atomic E-state index is -0.446. The average Bonchev–Trinajstić information content (AvgIpc) is 1.60. The Bertz CT molecular complexity index is 170. The second kappa shape index (κ2) is 2.65. The van der Waals surface area contributed by atoms with Crippen LogP contribution in [-0.4, -0.2) is 3.78 Å². The normalized spacial score (nSPS) is 34.3. The Morgan fingerprint density at radius 3 is 2.67 bits per heavy atom. The summed E-state index contributed by atoms with van der Waals surface area (Å²) in [5.41, 5.74) is 0. The highest BCUT2D eigenvalue weighted by Crippen LogP contribution is 2.36. The van der Waals surface area contributed by atoms with Crippen molar-refractivity contribution < 1.29 is 0 Å². The van der Waals surface area contributed by atoms with Gasteiger partial charge in [-0.1, -0.05) is 39.7 Å². The molecule has 50 valence electrons. The average molecular weight is 228 g/mol. The zero-order valence-electron chi connectivity index (χ0n) is 4.57. The maximum atomic E-state index is 5.87. The molecule has 0 N–H and O–H groups in total. The molecule has 0 aromatic rings. The lowest BCUT2D eigenvalue weighted by Crippen LogP contribution is -2.09. The summed E-state index contributed by atoms with van der Waals surface area (Å²) in [6.45, 7) is 0. The summed E-state index contributed by atoms with van der Waals surface area (Å²) in [7, 11) is 0. The number of alkyl halides is 2. The third-order valence-electron chi connectivity index (χ3n) is 1.02. The first-order valence-electron chi connectivity index (χ1n) is 2.52. The fourth-order valence-corrected chi connectivity index (χ4v) is 1.82. The van der Waals surface area contributed by atoms with Crippen LogP contribution in [0.5, 0.6) is 0 Å². The molecular weight excluding hydrogens is 223 g/mol. The minimum Gasteiger partial charge on any atom is -0.102 e. The lowest BCUT2D eigenvalue weighted by molar-refractivity contribution is 0.977. The first kappa shape index (κ1) is 7.64. The zero-order chi connectivity index (χ0) is 6.91. The SMILES string of the molecule is ClC1=CC=CC(Cl)(Br)C1. The Morgan fingerprint density at radius 1 is 1.67 bits per heavy atom. The topological polar surface area (TPSA) is 0 Å². The molecule has 0 spiro atoms. The van der Waals surface area contributed by atoms with Gasteiger partial charge in [0.25, 0.3) is 0 Å². The standard InChI is InChI=1S/C6H5BrCl2/c7-6(9)3-1-2-5(8)4-6/h1-3H,4H2. The van der Waals surface area contributed by atoms with Gasteiger partial charge in [0, 0.05) is 11.5 Å². The van der Waals surface area contributed by atoms with E-state index in [9.17, 15) is 0 Å². The predicted molar refractivity (Wildman–Crippen MR) is 45.2 cm³/mol. The van der Waals surface area contributed by atoms with E-state index in [-0.39, 0.29) is 0 Å². The molecule has 0 fully saturated rings. The molecule has 1 aliphatic rings. The van der Waals surface area contributed by atoms with Crippen molar-refractivity contribution in [3.63, 3.8) is 0 Å². The second-order valence-corrected chi connectivity index (χ2v) is 4.94. The Balaban J connectivity index is 2.73. The summed E-state index contributed by atoms with van der Waals surface area (Å²) in [4.78, 5) is 0. The van der Waals surface area contributed by atoms with Crippen molar-refractivity contribution in [3.05, 3.63) is 23.3 Å². The van der Waals surface area contributed by atoms with Gasteiger partial charge in [-0.3, -0.25) is 0 Å². The summed E-state index contributed by atoms with van der Waals surface area (Å²) in [5, 5.41) is 0.782. The van der Waals surface area contributed by atoms with Crippen molar-refractivity contribution in [2.75, 3.05) is 0 Å². The molecule has 3 heteroatoms. The second-order valence-electron chi connectivity index (χ2n) is 1.91.